The van der Waals surface area contributed by atoms with Gasteiger partial charge in [0.15, 0.2) is 15.6 Å². The van der Waals surface area contributed by atoms with Crippen molar-refractivity contribution < 1.29 is 18.0 Å². The zero-order chi connectivity index (χ0) is 24.5. The minimum atomic E-state index is -3.26. The van der Waals surface area contributed by atoms with E-state index in [0.717, 1.165) is 28.1 Å². The molecule has 0 bridgehead atoms. The number of nitrogens with one attached hydrogen (secondary N) is 2. The Labute approximate surface area is 199 Å². The molecular formula is C26H29N3O4S. The minimum absolute atomic E-state index is 0.000154. The van der Waals surface area contributed by atoms with E-state index in [0.29, 0.717) is 24.2 Å². The zero-order valence-electron chi connectivity index (χ0n) is 19.6. The van der Waals surface area contributed by atoms with E-state index in [1.54, 1.807) is 26.1 Å². The summed E-state index contributed by atoms with van der Waals surface area (Å²) in [5, 5.41) is 2.23. The first-order valence-corrected chi connectivity index (χ1v) is 13.1. The third kappa shape index (κ3) is 5.12. The highest BCUT2D eigenvalue weighted by molar-refractivity contribution is 7.91. The van der Waals surface area contributed by atoms with Crippen LogP contribution in [0.4, 0.5) is 5.82 Å². The van der Waals surface area contributed by atoms with Gasteiger partial charge in [-0.3, -0.25) is 9.59 Å². The third-order valence-corrected chi connectivity index (χ3v) is 8.56. The summed E-state index contributed by atoms with van der Waals surface area (Å²) in [7, 11) is -3.26. The number of nitrogens with zero attached hydrogens (tertiary/aromatic N) is 1. The number of amides is 1. The van der Waals surface area contributed by atoms with Crippen LogP contribution in [-0.2, 0) is 27.5 Å². The summed E-state index contributed by atoms with van der Waals surface area (Å²) in [4.78, 5) is 32.5. The summed E-state index contributed by atoms with van der Waals surface area (Å²) in [6, 6.07) is 13.5. The van der Waals surface area contributed by atoms with Crippen LogP contribution in [0.3, 0.4) is 0 Å². The molecule has 0 aliphatic heterocycles. The number of hydrogen-bond acceptors (Lipinski definition) is 5. The van der Waals surface area contributed by atoms with Gasteiger partial charge in [0.2, 0.25) is 5.91 Å². The Morgan fingerprint density at radius 3 is 2.59 bits per heavy atom. The van der Waals surface area contributed by atoms with Crippen molar-refractivity contribution in [3.8, 4) is 11.3 Å². The first-order chi connectivity index (χ1) is 16.1. The van der Waals surface area contributed by atoms with Crippen LogP contribution in [0.1, 0.15) is 54.4 Å². The Hall–Kier alpha value is -3.26. The topological polar surface area (TPSA) is 109 Å². The smallest absolute Gasteiger partial charge is 0.222 e. The second-order valence-corrected chi connectivity index (χ2v) is 11.8. The van der Waals surface area contributed by atoms with E-state index in [1.807, 2.05) is 36.4 Å². The molecule has 1 aliphatic carbocycles. The molecule has 3 aromatic rings. The quantitative estimate of drug-likeness (QED) is 0.528. The van der Waals surface area contributed by atoms with Gasteiger partial charge in [-0.1, -0.05) is 30.3 Å². The molecule has 2 aromatic heterocycles. The van der Waals surface area contributed by atoms with Gasteiger partial charge in [-0.2, -0.15) is 0 Å². The average molecular weight is 480 g/mol. The van der Waals surface area contributed by atoms with Gasteiger partial charge in [0.25, 0.3) is 0 Å². The molecule has 8 heteroatoms. The fourth-order valence-electron chi connectivity index (χ4n) is 4.51. The van der Waals surface area contributed by atoms with Crippen molar-refractivity contribution in [2.45, 2.75) is 45.3 Å². The Balaban J connectivity index is 1.78. The fourth-order valence-corrected chi connectivity index (χ4v) is 5.79. The number of benzene rings is 1. The van der Waals surface area contributed by atoms with E-state index in [-0.39, 0.29) is 29.8 Å². The van der Waals surface area contributed by atoms with Crippen molar-refractivity contribution in [1.29, 1.82) is 0 Å². The van der Waals surface area contributed by atoms with Gasteiger partial charge in [-0.25, -0.2) is 13.4 Å². The largest absolute Gasteiger partial charge is 0.358 e. The molecule has 2 N–H and O–H groups in total. The van der Waals surface area contributed by atoms with Crippen LogP contribution in [0.25, 0.3) is 11.3 Å². The second kappa shape index (κ2) is 9.54. The molecule has 0 spiro atoms. The Morgan fingerprint density at radius 2 is 1.91 bits per heavy atom. The molecule has 1 amide bonds. The first kappa shape index (κ1) is 23.9. The number of pyridine rings is 1. The Morgan fingerprint density at radius 1 is 1.18 bits per heavy atom. The van der Waals surface area contributed by atoms with Crippen molar-refractivity contribution in [1.82, 2.24) is 9.97 Å². The van der Waals surface area contributed by atoms with Gasteiger partial charge in [-0.15, -0.1) is 0 Å². The summed E-state index contributed by atoms with van der Waals surface area (Å²) in [6.07, 6.45) is 2.89. The van der Waals surface area contributed by atoms with Crippen LogP contribution in [0.5, 0.6) is 0 Å². The molecule has 7 nitrogen and oxygen atoms in total. The zero-order valence-corrected chi connectivity index (χ0v) is 20.4. The van der Waals surface area contributed by atoms with Crippen LogP contribution < -0.4 is 5.32 Å². The second-order valence-electron chi connectivity index (χ2n) is 9.18. The Bertz CT molecular complexity index is 1330. The maximum atomic E-state index is 13.3. The highest BCUT2D eigenvalue weighted by Crippen LogP contribution is 2.37. The number of sulfone groups is 1. The standard InChI is InChI=1S/C26H29N3O4S/c1-16(2)34(32,33)15-19-12-22-25(23(31)13-19)21(11-18-7-5-4-6-8-18)26(29-22)20-9-10-27-24(14-20)28-17(3)30/h4-10,14,16,19,29H,11-13,15H2,1-3H3,(H,27,28,30). The predicted octanol–water partition coefficient (Wildman–Crippen LogP) is 4.19. The van der Waals surface area contributed by atoms with Gasteiger partial charge in [0.1, 0.15) is 5.82 Å². The van der Waals surface area contributed by atoms with Gasteiger partial charge >= 0.3 is 0 Å². The molecule has 0 fully saturated rings. The molecule has 2 heterocycles. The minimum Gasteiger partial charge on any atom is -0.358 e. The molecule has 4 rings (SSSR count). The van der Waals surface area contributed by atoms with Gasteiger partial charge < -0.3 is 10.3 Å². The van der Waals surface area contributed by atoms with Gasteiger partial charge in [-0.05, 0) is 49.4 Å². The molecular weight excluding hydrogens is 450 g/mol. The van der Waals surface area contributed by atoms with E-state index in [2.05, 4.69) is 15.3 Å². The normalized spacial score (nSPS) is 15.9. The number of ketones is 1. The van der Waals surface area contributed by atoms with E-state index >= 15 is 0 Å². The van der Waals surface area contributed by atoms with Crippen molar-refractivity contribution >= 4 is 27.3 Å². The van der Waals surface area contributed by atoms with Crippen molar-refractivity contribution in [2.75, 3.05) is 11.1 Å². The van der Waals surface area contributed by atoms with E-state index in [4.69, 9.17) is 0 Å². The number of fused-ring (bicyclic) bond motifs is 1. The van der Waals surface area contributed by atoms with Gasteiger partial charge in [0, 0.05) is 42.8 Å². The van der Waals surface area contributed by atoms with Gasteiger partial charge in [0.05, 0.1) is 16.7 Å². The van der Waals surface area contributed by atoms with Crippen LogP contribution in [0.15, 0.2) is 48.7 Å². The molecule has 0 saturated carbocycles. The molecule has 1 atom stereocenters. The number of aromatic nitrogens is 2. The number of aromatic amines is 1. The number of carbonyl (C=O) groups excluding carboxylic acids is 2. The summed E-state index contributed by atoms with van der Waals surface area (Å²) in [5.74, 6) is -0.0782. The summed E-state index contributed by atoms with van der Waals surface area (Å²) >= 11 is 0. The monoisotopic (exact) mass is 479 g/mol. The number of rotatable bonds is 7. The lowest BCUT2D eigenvalue weighted by atomic mass is 9.84. The fraction of sp³-hybridized carbons (Fsp3) is 0.346. The third-order valence-electron chi connectivity index (χ3n) is 6.19. The molecule has 34 heavy (non-hydrogen) atoms. The van der Waals surface area contributed by atoms with Crippen molar-refractivity contribution in [3.05, 3.63) is 71.0 Å². The van der Waals surface area contributed by atoms with E-state index in [9.17, 15) is 18.0 Å². The lowest BCUT2D eigenvalue weighted by Crippen LogP contribution is -2.29. The molecule has 1 aliphatic rings. The lowest BCUT2D eigenvalue weighted by molar-refractivity contribution is -0.114. The van der Waals surface area contributed by atoms with E-state index in [1.165, 1.54) is 6.92 Å². The summed E-state index contributed by atoms with van der Waals surface area (Å²) in [6.45, 7) is 4.77. The van der Waals surface area contributed by atoms with Crippen molar-refractivity contribution in [3.63, 3.8) is 0 Å². The molecule has 178 valence electrons. The maximum absolute atomic E-state index is 13.3. The predicted molar refractivity (Wildman–Crippen MR) is 133 cm³/mol. The van der Waals surface area contributed by atoms with Crippen LogP contribution >= 0.6 is 0 Å². The lowest BCUT2D eigenvalue weighted by Gasteiger charge is -2.22. The van der Waals surface area contributed by atoms with Crippen LogP contribution in [-0.4, -0.2) is 41.1 Å². The molecule has 0 saturated heterocycles. The van der Waals surface area contributed by atoms with Crippen LogP contribution in [0.2, 0.25) is 0 Å². The van der Waals surface area contributed by atoms with Crippen molar-refractivity contribution in [2.24, 2.45) is 5.92 Å². The summed E-state index contributed by atoms with van der Waals surface area (Å²) < 4.78 is 25.0. The van der Waals surface area contributed by atoms with Crippen LogP contribution in [0, 0.1) is 5.92 Å². The Kier molecular flexibility index (Phi) is 6.70. The number of anilines is 1. The number of hydrogen-bond donors (Lipinski definition) is 2. The molecule has 1 aromatic carbocycles. The molecule has 1 unspecified atom stereocenters. The number of Topliss-reactive ketones (excluding diaryl/α,β-unsaturated/α-hetero) is 1. The number of H-pyrrole nitrogens is 1. The molecule has 0 radical (unpaired) electrons. The SMILES string of the molecule is CC(=O)Nc1cc(-c2[nH]c3c(c2Cc2ccccc2)C(=O)CC(CS(=O)(=O)C(C)C)C3)ccn1. The van der Waals surface area contributed by atoms with E-state index < -0.39 is 15.1 Å². The highest BCUT2D eigenvalue weighted by atomic mass is 32.2. The maximum Gasteiger partial charge on any atom is 0.222 e. The number of carbonyl (C=O) groups is 2. The summed E-state index contributed by atoms with van der Waals surface area (Å²) in [5.41, 5.74) is 4.99. The first-order valence-electron chi connectivity index (χ1n) is 11.4. The average Bonchev–Trinajstić information content (AvgIpc) is 3.12. The highest BCUT2D eigenvalue weighted by Gasteiger charge is 2.34.